The Kier molecular flexibility index (Phi) is 5.79. The van der Waals surface area contributed by atoms with E-state index < -0.39 is 10.0 Å². The SMILES string of the molecule is Cc1ccccc1CN(C)C(=O)[C@@H]1CCCN(S(=O)(=O)c2cccs2)C1. The van der Waals surface area contributed by atoms with Crippen LogP contribution in [0.3, 0.4) is 0 Å². The van der Waals surface area contributed by atoms with Gasteiger partial charge in [-0.25, -0.2) is 8.42 Å². The van der Waals surface area contributed by atoms with Crippen molar-refractivity contribution in [2.45, 2.75) is 30.5 Å². The van der Waals surface area contributed by atoms with Crippen molar-refractivity contribution in [3.8, 4) is 0 Å². The molecule has 0 radical (unpaired) electrons. The van der Waals surface area contributed by atoms with Crippen molar-refractivity contribution in [1.29, 1.82) is 0 Å². The maximum Gasteiger partial charge on any atom is 0.252 e. The Hall–Kier alpha value is -1.70. The van der Waals surface area contributed by atoms with Gasteiger partial charge in [0.1, 0.15) is 4.21 Å². The molecule has 0 N–H and O–H groups in total. The van der Waals surface area contributed by atoms with Crippen LogP contribution in [0.1, 0.15) is 24.0 Å². The van der Waals surface area contributed by atoms with Crippen LogP contribution >= 0.6 is 11.3 Å². The summed E-state index contributed by atoms with van der Waals surface area (Å²) < 4.78 is 27.3. The second-order valence-corrected chi connectivity index (χ2v) is 9.87. The smallest absolute Gasteiger partial charge is 0.252 e. The molecule has 0 spiro atoms. The van der Waals surface area contributed by atoms with E-state index in [-0.39, 0.29) is 18.4 Å². The Morgan fingerprint density at radius 1 is 1.27 bits per heavy atom. The number of amides is 1. The first kappa shape index (κ1) is 19.1. The molecule has 1 aromatic heterocycles. The minimum Gasteiger partial charge on any atom is -0.341 e. The second-order valence-electron chi connectivity index (χ2n) is 6.76. The Bertz CT molecular complexity index is 863. The lowest BCUT2D eigenvalue weighted by molar-refractivity contribution is -0.135. The third-order valence-corrected chi connectivity index (χ3v) is 8.11. The van der Waals surface area contributed by atoms with E-state index >= 15 is 0 Å². The van der Waals surface area contributed by atoms with Gasteiger partial charge in [-0.2, -0.15) is 4.31 Å². The lowest BCUT2D eigenvalue weighted by atomic mass is 9.98. The quantitative estimate of drug-likeness (QED) is 0.786. The predicted molar refractivity (Wildman–Crippen MR) is 103 cm³/mol. The van der Waals surface area contributed by atoms with Gasteiger partial charge in [0.25, 0.3) is 10.0 Å². The van der Waals surface area contributed by atoms with Crippen LogP contribution < -0.4 is 0 Å². The summed E-state index contributed by atoms with van der Waals surface area (Å²) in [7, 11) is -1.70. The zero-order valence-corrected chi connectivity index (χ0v) is 16.7. The number of carbonyl (C=O) groups is 1. The fraction of sp³-hybridized carbons (Fsp3) is 0.421. The number of aryl methyl sites for hydroxylation is 1. The van der Waals surface area contributed by atoms with Crippen molar-refractivity contribution < 1.29 is 13.2 Å². The van der Waals surface area contributed by atoms with Gasteiger partial charge in [0.15, 0.2) is 0 Å². The maximum absolute atomic E-state index is 12.9. The highest BCUT2D eigenvalue weighted by atomic mass is 32.2. The zero-order chi connectivity index (χ0) is 18.7. The molecule has 1 saturated heterocycles. The fourth-order valence-corrected chi connectivity index (χ4v) is 6.00. The summed E-state index contributed by atoms with van der Waals surface area (Å²) >= 11 is 1.22. The molecule has 1 atom stereocenters. The molecule has 0 aliphatic carbocycles. The van der Waals surface area contributed by atoms with E-state index in [2.05, 4.69) is 0 Å². The van der Waals surface area contributed by atoms with Gasteiger partial charge in [0.05, 0.1) is 5.92 Å². The molecule has 5 nitrogen and oxygen atoms in total. The maximum atomic E-state index is 12.9. The summed E-state index contributed by atoms with van der Waals surface area (Å²) in [5.41, 5.74) is 2.26. The van der Waals surface area contributed by atoms with Crippen LogP contribution in [0, 0.1) is 12.8 Å². The normalized spacial score (nSPS) is 18.6. The van der Waals surface area contributed by atoms with Crippen molar-refractivity contribution in [3.05, 3.63) is 52.9 Å². The Morgan fingerprint density at radius 2 is 2.04 bits per heavy atom. The number of hydrogen-bond donors (Lipinski definition) is 0. The summed E-state index contributed by atoms with van der Waals surface area (Å²) in [6, 6.07) is 11.4. The molecule has 0 bridgehead atoms. The van der Waals surface area contributed by atoms with Crippen LogP contribution in [0.4, 0.5) is 0 Å². The molecule has 1 aromatic carbocycles. The van der Waals surface area contributed by atoms with E-state index in [4.69, 9.17) is 0 Å². The molecule has 3 rings (SSSR count). The van der Waals surface area contributed by atoms with Gasteiger partial charge in [-0.05, 0) is 42.3 Å². The van der Waals surface area contributed by atoms with Crippen LogP contribution in [0.15, 0.2) is 46.0 Å². The predicted octanol–water partition coefficient (Wildman–Crippen LogP) is 3.12. The average molecular weight is 393 g/mol. The van der Waals surface area contributed by atoms with E-state index in [9.17, 15) is 13.2 Å². The number of rotatable bonds is 5. The van der Waals surface area contributed by atoms with E-state index in [1.807, 2.05) is 31.2 Å². The third-order valence-electron chi connectivity index (χ3n) is 4.87. The minimum atomic E-state index is -3.50. The number of piperidine rings is 1. The zero-order valence-electron chi connectivity index (χ0n) is 15.1. The number of benzene rings is 1. The fourth-order valence-electron chi connectivity index (χ4n) is 3.33. The molecule has 0 unspecified atom stereocenters. The largest absolute Gasteiger partial charge is 0.341 e. The van der Waals surface area contributed by atoms with E-state index in [1.54, 1.807) is 29.5 Å². The first-order valence-electron chi connectivity index (χ1n) is 8.72. The molecule has 1 aliphatic rings. The highest BCUT2D eigenvalue weighted by Gasteiger charge is 2.34. The molecule has 1 amide bonds. The van der Waals surface area contributed by atoms with Crippen molar-refractivity contribution in [2.24, 2.45) is 5.92 Å². The Morgan fingerprint density at radius 3 is 2.73 bits per heavy atom. The standard InChI is InChI=1S/C19H24N2O3S2/c1-15-7-3-4-8-16(15)13-20(2)19(22)17-9-5-11-21(14-17)26(23,24)18-10-6-12-25-18/h3-4,6-8,10,12,17H,5,9,11,13-14H2,1-2H3/t17-/m1/s1. The van der Waals surface area contributed by atoms with Gasteiger partial charge in [-0.1, -0.05) is 30.3 Å². The summed E-state index contributed by atoms with van der Waals surface area (Å²) in [6.45, 7) is 3.31. The highest BCUT2D eigenvalue weighted by Crippen LogP contribution is 2.27. The molecule has 140 valence electrons. The molecule has 7 heteroatoms. The summed E-state index contributed by atoms with van der Waals surface area (Å²) in [5, 5.41) is 1.76. The van der Waals surface area contributed by atoms with Crippen molar-refractivity contribution in [1.82, 2.24) is 9.21 Å². The summed E-state index contributed by atoms with van der Waals surface area (Å²) in [6.07, 6.45) is 1.44. The molecule has 2 heterocycles. The van der Waals surface area contributed by atoms with Crippen LogP contribution in [-0.4, -0.2) is 43.7 Å². The van der Waals surface area contributed by atoms with Crippen molar-refractivity contribution >= 4 is 27.3 Å². The molecule has 1 fully saturated rings. The lowest BCUT2D eigenvalue weighted by Gasteiger charge is -2.33. The summed E-state index contributed by atoms with van der Waals surface area (Å²) in [4.78, 5) is 14.6. The lowest BCUT2D eigenvalue weighted by Crippen LogP contribution is -2.45. The second kappa shape index (κ2) is 7.90. The van der Waals surface area contributed by atoms with Crippen LogP contribution in [-0.2, 0) is 21.4 Å². The van der Waals surface area contributed by atoms with Crippen molar-refractivity contribution in [2.75, 3.05) is 20.1 Å². The first-order chi connectivity index (χ1) is 12.4. The Balaban J connectivity index is 1.69. The van der Waals surface area contributed by atoms with Gasteiger partial charge >= 0.3 is 0 Å². The number of hydrogen-bond acceptors (Lipinski definition) is 4. The molecule has 0 saturated carbocycles. The Labute approximate surface area is 159 Å². The molecular formula is C19H24N2O3S2. The first-order valence-corrected chi connectivity index (χ1v) is 11.0. The van der Waals surface area contributed by atoms with Gasteiger partial charge in [-0.3, -0.25) is 4.79 Å². The van der Waals surface area contributed by atoms with E-state index in [1.165, 1.54) is 15.6 Å². The number of nitrogens with zero attached hydrogens (tertiary/aromatic N) is 2. The average Bonchev–Trinajstić information content (AvgIpc) is 3.18. The topological polar surface area (TPSA) is 57.7 Å². The third kappa shape index (κ3) is 4.00. The summed E-state index contributed by atoms with van der Waals surface area (Å²) in [5.74, 6) is -0.271. The van der Waals surface area contributed by atoms with Gasteiger partial charge in [-0.15, -0.1) is 11.3 Å². The van der Waals surface area contributed by atoms with Crippen molar-refractivity contribution in [3.63, 3.8) is 0 Å². The molecular weight excluding hydrogens is 368 g/mol. The van der Waals surface area contributed by atoms with Crippen LogP contribution in [0.5, 0.6) is 0 Å². The minimum absolute atomic E-state index is 0.0133. The van der Waals surface area contributed by atoms with E-state index in [0.29, 0.717) is 23.7 Å². The van der Waals surface area contributed by atoms with Gasteiger partial charge in [0.2, 0.25) is 5.91 Å². The van der Waals surface area contributed by atoms with Crippen LogP contribution in [0.2, 0.25) is 0 Å². The molecule has 1 aliphatic heterocycles. The van der Waals surface area contributed by atoms with Gasteiger partial charge < -0.3 is 4.90 Å². The monoisotopic (exact) mass is 392 g/mol. The molecule has 26 heavy (non-hydrogen) atoms. The van der Waals surface area contributed by atoms with Crippen LogP contribution in [0.25, 0.3) is 0 Å². The van der Waals surface area contributed by atoms with E-state index in [0.717, 1.165) is 17.5 Å². The number of carbonyl (C=O) groups excluding carboxylic acids is 1. The van der Waals surface area contributed by atoms with Gasteiger partial charge in [0, 0.05) is 26.7 Å². The number of thiophene rings is 1. The highest BCUT2D eigenvalue weighted by molar-refractivity contribution is 7.91. The molecule has 2 aromatic rings. The number of sulfonamides is 1.